The summed E-state index contributed by atoms with van der Waals surface area (Å²) in [5.41, 5.74) is 4.02. The molecule has 0 aliphatic rings. The van der Waals surface area contributed by atoms with E-state index in [0.717, 1.165) is 44.0 Å². The number of aliphatic carboxylic acids is 1. The average molecular weight is 604 g/mol. The van der Waals surface area contributed by atoms with Crippen LogP contribution in [0.1, 0.15) is 47.6 Å². The number of nitrogens with zero attached hydrogens (tertiary/aromatic N) is 1. The summed E-state index contributed by atoms with van der Waals surface area (Å²) in [6.45, 7) is 7.64. The number of fused-ring (bicyclic) bond motifs is 1. The van der Waals surface area contributed by atoms with Crippen molar-refractivity contribution in [1.29, 1.82) is 0 Å². The lowest BCUT2D eigenvalue weighted by atomic mass is 9.83. The van der Waals surface area contributed by atoms with Crippen molar-refractivity contribution in [2.45, 2.75) is 57.3 Å². The molecule has 0 saturated carbocycles. The van der Waals surface area contributed by atoms with Crippen molar-refractivity contribution in [3.63, 3.8) is 0 Å². The molecule has 0 amide bonds. The van der Waals surface area contributed by atoms with Gasteiger partial charge in [0, 0.05) is 11.4 Å². The highest BCUT2D eigenvalue weighted by atomic mass is 32.2. The summed E-state index contributed by atoms with van der Waals surface area (Å²) < 4.78 is 47.5. The van der Waals surface area contributed by atoms with Crippen LogP contribution in [0.2, 0.25) is 0 Å². The van der Waals surface area contributed by atoms with E-state index in [1.807, 2.05) is 78.0 Å². The Hall–Kier alpha value is -4.01. The van der Waals surface area contributed by atoms with Gasteiger partial charge in [-0.15, -0.1) is 0 Å². The molecule has 0 aliphatic heterocycles. The Morgan fingerprint density at radius 3 is 2.23 bits per heavy atom. The Morgan fingerprint density at radius 1 is 0.837 bits per heavy atom. The number of aryl methyl sites for hydroxylation is 2. The van der Waals surface area contributed by atoms with Gasteiger partial charge in [0.25, 0.3) is 0 Å². The second-order valence-electron chi connectivity index (χ2n) is 11.2. The molecule has 0 atom stereocenters. The second kappa shape index (κ2) is 11.9. The quantitative estimate of drug-likeness (QED) is 0.170. The maximum atomic E-state index is 13.4. The Morgan fingerprint density at radius 2 is 1.56 bits per heavy atom. The summed E-state index contributed by atoms with van der Waals surface area (Å²) >= 11 is 1.50. The van der Waals surface area contributed by atoms with Gasteiger partial charge in [-0.2, -0.15) is 13.2 Å². The molecule has 1 aromatic heterocycles. The van der Waals surface area contributed by atoms with E-state index in [1.54, 1.807) is 20.8 Å². The van der Waals surface area contributed by atoms with E-state index in [-0.39, 0.29) is 12.3 Å². The zero-order valence-corrected chi connectivity index (χ0v) is 25.1. The standard InChI is InChI=1S/C35H32F3NO3S/c1-22-12-15-26-8-5-6-11-29(26)32(22)43-39(21-30-23(2)18-31(42-30)35(36,37)38)20-24-13-16-25(17-14-24)27-9-7-10-28(19-27)34(3,4)33(40)41/h5-19H,20-21H2,1-4H3,(H,40,41). The number of alkyl halides is 3. The molecule has 0 bridgehead atoms. The third-order valence-electron chi connectivity index (χ3n) is 7.68. The predicted molar refractivity (Wildman–Crippen MR) is 165 cm³/mol. The molecule has 1 N–H and O–H groups in total. The van der Waals surface area contributed by atoms with Crippen molar-refractivity contribution in [3.8, 4) is 11.1 Å². The number of hydrogen-bond acceptors (Lipinski definition) is 4. The minimum absolute atomic E-state index is 0.170. The zero-order valence-electron chi connectivity index (χ0n) is 24.3. The van der Waals surface area contributed by atoms with Crippen LogP contribution in [0.5, 0.6) is 0 Å². The van der Waals surface area contributed by atoms with Crippen LogP contribution in [0.3, 0.4) is 0 Å². The van der Waals surface area contributed by atoms with Crippen molar-refractivity contribution in [2.75, 3.05) is 0 Å². The van der Waals surface area contributed by atoms with Gasteiger partial charge < -0.3 is 9.52 Å². The SMILES string of the molecule is Cc1cc(C(F)(F)F)oc1CN(Cc1ccc(-c2cccc(C(C)(C)C(=O)O)c2)cc1)Sc1c(C)ccc2ccccc12. The van der Waals surface area contributed by atoms with Gasteiger partial charge in [-0.3, -0.25) is 4.79 Å². The van der Waals surface area contributed by atoms with E-state index in [4.69, 9.17) is 4.42 Å². The number of carboxylic acids is 1. The highest BCUT2D eigenvalue weighted by molar-refractivity contribution is 7.97. The van der Waals surface area contributed by atoms with Crippen molar-refractivity contribution < 1.29 is 27.5 Å². The normalized spacial score (nSPS) is 12.3. The van der Waals surface area contributed by atoms with Crippen LogP contribution in [-0.2, 0) is 29.5 Å². The summed E-state index contributed by atoms with van der Waals surface area (Å²) in [6.07, 6.45) is -4.56. The lowest BCUT2D eigenvalue weighted by Crippen LogP contribution is -2.28. The first-order valence-electron chi connectivity index (χ1n) is 13.8. The average Bonchev–Trinajstić information content (AvgIpc) is 3.35. The van der Waals surface area contributed by atoms with Crippen molar-refractivity contribution in [1.82, 2.24) is 4.31 Å². The first-order chi connectivity index (χ1) is 20.3. The third kappa shape index (κ3) is 6.65. The van der Waals surface area contributed by atoms with Gasteiger partial charge in [0.1, 0.15) is 5.76 Å². The van der Waals surface area contributed by atoms with Crippen LogP contribution in [-0.4, -0.2) is 15.4 Å². The Kier molecular flexibility index (Phi) is 8.45. The van der Waals surface area contributed by atoms with E-state index >= 15 is 0 Å². The largest absolute Gasteiger partial charge is 0.481 e. The zero-order chi connectivity index (χ0) is 30.9. The Labute approximate surface area is 253 Å². The van der Waals surface area contributed by atoms with Crippen LogP contribution >= 0.6 is 11.9 Å². The van der Waals surface area contributed by atoms with E-state index in [1.165, 1.54) is 11.9 Å². The molecular formula is C35H32F3NO3S. The summed E-state index contributed by atoms with van der Waals surface area (Å²) in [4.78, 5) is 12.8. The summed E-state index contributed by atoms with van der Waals surface area (Å²) in [7, 11) is 0. The fourth-order valence-corrected chi connectivity index (χ4v) is 6.07. The molecule has 8 heteroatoms. The lowest BCUT2D eigenvalue weighted by molar-refractivity contribution is -0.153. The fourth-order valence-electron chi connectivity index (χ4n) is 4.92. The number of rotatable bonds is 9. The van der Waals surface area contributed by atoms with E-state index in [2.05, 4.69) is 18.2 Å². The van der Waals surface area contributed by atoms with E-state index in [0.29, 0.717) is 17.7 Å². The molecule has 1 heterocycles. The number of carboxylic acid groups (broad SMARTS) is 1. The molecule has 0 aliphatic carbocycles. The van der Waals surface area contributed by atoms with Gasteiger partial charge in [-0.25, -0.2) is 4.31 Å². The van der Waals surface area contributed by atoms with Crippen molar-refractivity contribution in [2.24, 2.45) is 0 Å². The molecule has 43 heavy (non-hydrogen) atoms. The van der Waals surface area contributed by atoms with Gasteiger partial charge in [-0.1, -0.05) is 84.9 Å². The first-order valence-corrected chi connectivity index (χ1v) is 14.6. The van der Waals surface area contributed by atoms with Crippen LogP contribution in [0.25, 0.3) is 21.9 Å². The number of hydrogen-bond donors (Lipinski definition) is 1. The molecule has 5 aromatic rings. The summed E-state index contributed by atoms with van der Waals surface area (Å²) in [5.74, 6) is -1.62. The molecule has 0 saturated heterocycles. The van der Waals surface area contributed by atoms with Crippen LogP contribution in [0.15, 0.2) is 100 Å². The highest BCUT2D eigenvalue weighted by Crippen LogP contribution is 2.38. The first kappa shape index (κ1) is 30.4. The highest BCUT2D eigenvalue weighted by Gasteiger charge is 2.36. The monoisotopic (exact) mass is 603 g/mol. The van der Waals surface area contributed by atoms with Gasteiger partial charge in [0.2, 0.25) is 5.76 Å². The Balaban J connectivity index is 1.46. The fraction of sp³-hybridized carbons (Fsp3) is 0.229. The van der Waals surface area contributed by atoms with Gasteiger partial charge in [0.15, 0.2) is 0 Å². The smallest absolute Gasteiger partial charge is 0.449 e. The maximum absolute atomic E-state index is 13.4. The molecule has 0 fully saturated rings. The molecule has 222 valence electrons. The maximum Gasteiger partial charge on any atom is 0.449 e. The third-order valence-corrected chi connectivity index (χ3v) is 8.92. The molecule has 0 radical (unpaired) electrons. The van der Waals surface area contributed by atoms with E-state index in [9.17, 15) is 23.1 Å². The molecule has 5 rings (SSSR count). The minimum Gasteiger partial charge on any atom is -0.481 e. The molecule has 4 nitrogen and oxygen atoms in total. The van der Waals surface area contributed by atoms with Crippen LogP contribution < -0.4 is 0 Å². The molecule has 0 unspecified atom stereocenters. The minimum atomic E-state index is -4.56. The number of carbonyl (C=O) groups is 1. The van der Waals surface area contributed by atoms with Gasteiger partial charge >= 0.3 is 12.1 Å². The number of halogens is 3. The molecule has 4 aromatic carbocycles. The second-order valence-corrected chi connectivity index (χ2v) is 12.4. The molecule has 0 spiro atoms. The lowest BCUT2D eigenvalue weighted by Gasteiger charge is -2.23. The number of furan rings is 1. The van der Waals surface area contributed by atoms with Crippen LogP contribution in [0.4, 0.5) is 13.2 Å². The van der Waals surface area contributed by atoms with Gasteiger partial charge in [-0.05, 0) is 89.9 Å². The summed E-state index contributed by atoms with van der Waals surface area (Å²) in [5, 5.41) is 11.8. The van der Waals surface area contributed by atoms with Crippen molar-refractivity contribution in [3.05, 3.63) is 125 Å². The van der Waals surface area contributed by atoms with Gasteiger partial charge in [0.05, 0.1) is 12.0 Å². The van der Waals surface area contributed by atoms with E-state index < -0.39 is 23.3 Å². The predicted octanol–water partition coefficient (Wildman–Crippen LogP) is 9.81. The number of benzene rings is 4. The van der Waals surface area contributed by atoms with Crippen molar-refractivity contribution >= 4 is 28.7 Å². The topological polar surface area (TPSA) is 53.7 Å². The summed E-state index contributed by atoms with van der Waals surface area (Å²) in [6, 6.07) is 28.7. The Bertz CT molecular complexity index is 1770. The molecular weight excluding hydrogens is 571 g/mol. The van der Waals surface area contributed by atoms with Crippen LogP contribution in [0, 0.1) is 13.8 Å².